The van der Waals surface area contributed by atoms with Crippen LogP contribution in [0.1, 0.15) is 44.6 Å². The molecule has 104 valence electrons. The molecular formula is C14H21N3O2. The fourth-order valence-electron chi connectivity index (χ4n) is 2.88. The number of aryl methyl sites for hydroxylation is 1. The van der Waals surface area contributed by atoms with Gasteiger partial charge in [-0.25, -0.2) is 4.98 Å². The van der Waals surface area contributed by atoms with Crippen LogP contribution in [0.3, 0.4) is 0 Å². The van der Waals surface area contributed by atoms with Crippen LogP contribution in [0, 0.1) is 22.5 Å². The molecule has 0 bridgehead atoms. The van der Waals surface area contributed by atoms with Crippen LogP contribution in [0.5, 0.6) is 0 Å². The smallest absolute Gasteiger partial charge is 0.311 e. The Labute approximate surface area is 113 Å². The van der Waals surface area contributed by atoms with Crippen molar-refractivity contribution in [3.8, 4) is 0 Å². The number of hydrogen-bond donors (Lipinski definition) is 1. The highest BCUT2D eigenvalue weighted by atomic mass is 16.6. The van der Waals surface area contributed by atoms with E-state index >= 15 is 0 Å². The second-order valence-electron chi connectivity index (χ2n) is 5.55. The van der Waals surface area contributed by atoms with E-state index in [1.165, 1.54) is 25.7 Å². The van der Waals surface area contributed by atoms with Crippen LogP contribution in [-0.4, -0.2) is 16.5 Å². The normalized spacial score (nSPS) is 17.4. The lowest BCUT2D eigenvalue weighted by molar-refractivity contribution is -0.384. The minimum atomic E-state index is -0.365. The van der Waals surface area contributed by atoms with E-state index < -0.39 is 0 Å². The van der Waals surface area contributed by atoms with Crippen LogP contribution in [-0.2, 0) is 0 Å². The minimum absolute atomic E-state index is 0.0734. The Bertz CT molecular complexity index is 468. The summed E-state index contributed by atoms with van der Waals surface area (Å²) in [4.78, 5) is 14.9. The Hall–Kier alpha value is -1.65. The fourth-order valence-corrected chi connectivity index (χ4v) is 2.88. The van der Waals surface area contributed by atoms with E-state index in [1.54, 1.807) is 12.3 Å². The summed E-state index contributed by atoms with van der Waals surface area (Å²) in [5, 5.41) is 14.2. The van der Waals surface area contributed by atoms with E-state index in [2.05, 4.69) is 17.2 Å². The highest BCUT2D eigenvalue weighted by molar-refractivity contribution is 5.56. The molecule has 19 heavy (non-hydrogen) atoms. The predicted molar refractivity (Wildman–Crippen MR) is 75.3 cm³/mol. The van der Waals surface area contributed by atoms with E-state index in [9.17, 15) is 10.1 Å². The van der Waals surface area contributed by atoms with Crippen molar-refractivity contribution in [3.05, 3.63) is 27.9 Å². The van der Waals surface area contributed by atoms with Gasteiger partial charge in [0.05, 0.1) is 4.92 Å². The zero-order valence-electron chi connectivity index (χ0n) is 11.6. The van der Waals surface area contributed by atoms with E-state index in [4.69, 9.17) is 0 Å². The molecule has 1 aliphatic rings. The molecule has 0 saturated heterocycles. The van der Waals surface area contributed by atoms with Crippen molar-refractivity contribution >= 4 is 11.5 Å². The van der Waals surface area contributed by atoms with Gasteiger partial charge in [-0.1, -0.05) is 19.8 Å². The van der Waals surface area contributed by atoms with Gasteiger partial charge in [-0.15, -0.1) is 0 Å². The lowest BCUT2D eigenvalue weighted by Gasteiger charge is -2.27. The van der Waals surface area contributed by atoms with Gasteiger partial charge in [0.15, 0.2) is 0 Å². The lowest BCUT2D eigenvalue weighted by Crippen LogP contribution is -2.26. The van der Waals surface area contributed by atoms with Gasteiger partial charge in [-0.05, 0) is 37.2 Å². The molecule has 0 aromatic carbocycles. The highest BCUT2D eigenvalue weighted by Gasteiger charge is 2.32. The topological polar surface area (TPSA) is 68.1 Å². The SMILES string of the molecule is CCC1(CNc2ncc(C)cc2[N+](=O)[O-])CCCC1. The number of nitro groups is 1. The molecule has 2 rings (SSSR count). The summed E-state index contributed by atoms with van der Waals surface area (Å²) in [6, 6.07) is 1.57. The number of pyridine rings is 1. The average Bonchev–Trinajstić information content (AvgIpc) is 2.86. The van der Waals surface area contributed by atoms with Crippen molar-refractivity contribution in [2.75, 3.05) is 11.9 Å². The van der Waals surface area contributed by atoms with Crippen LogP contribution >= 0.6 is 0 Å². The van der Waals surface area contributed by atoms with Gasteiger partial charge < -0.3 is 5.32 Å². The Morgan fingerprint density at radius 2 is 2.16 bits per heavy atom. The number of nitrogens with zero attached hydrogens (tertiary/aromatic N) is 2. The third-order valence-corrected chi connectivity index (χ3v) is 4.25. The first kappa shape index (κ1) is 13.8. The Balaban J connectivity index is 2.13. The Kier molecular flexibility index (Phi) is 4.02. The second kappa shape index (κ2) is 5.55. The van der Waals surface area contributed by atoms with Crippen molar-refractivity contribution in [1.29, 1.82) is 0 Å². The molecule has 0 amide bonds. The van der Waals surface area contributed by atoms with Crippen LogP contribution in [0.15, 0.2) is 12.3 Å². The summed E-state index contributed by atoms with van der Waals surface area (Å²) >= 11 is 0. The first-order valence-electron chi connectivity index (χ1n) is 6.91. The van der Waals surface area contributed by atoms with Gasteiger partial charge in [0, 0.05) is 18.8 Å². The lowest BCUT2D eigenvalue weighted by atomic mass is 9.83. The van der Waals surface area contributed by atoms with Gasteiger partial charge >= 0.3 is 5.69 Å². The molecule has 1 aromatic heterocycles. The molecule has 1 aromatic rings. The summed E-state index contributed by atoms with van der Waals surface area (Å²) in [7, 11) is 0. The zero-order valence-corrected chi connectivity index (χ0v) is 11.6. The highest BCUT2D eigenvalue weighted by Crippen LogP contribution is 2.41. The van der Waals surface area contributed by atoms with Crippen LogP contribution in [0.25, 0.3) is 0 Å². The van der Waals surface area contributed by atoms with E-state index in [-0.39, 0.29) is 10.6 Å². The van der Waals surface area contributed by atoms with Crippen molar-refractivity contribution in [2.24, 2.45) is 5.41 Å². The molecule has 1 N–H and O–H groups in total. The van der Waals surface area contributed by atoms with E-state index in [0.29, 0.717) is 11.2 Å². The molecule has 1 fully saturated rings. The standard InChI is InChI=1S/C14H21N3O2/c1-3-14(6-4-5-7-14)10-16-13-12(17(18)19)8-11(2)9-15-13/h8-9H,3-7,10H2,1-2H3,(H,15,16). The molecule has 1 aliphatic carbocycles. The maximum Gasteiger partial charge on any atom is 0.311 e. The zero-order chi connectivity index (χ0) is 13.9. The third-order valence-electron chi connectivity index (χ3n) is 4.25. The van der Waals surface area contributed by atoms with Crippen molar-refractivity contribution in [1.82, 2.24) is 4.98 Å². The molecule has 0 atom stereocenters. The summed E-state index contributed by atoms with van der Waals surface area (Å²) in [5.74, 6) is 0.398. The number of aromatic nitrogens is 1. The molecule has 1 saturated carbocycles. The summed E-state index contributed by atoms with van der Waals surface area (Å²) < 4.78 is 0. The number of nitrogens with one attached hydrogen (secondary N) is 1. The minimum Gasteiger partial charge on any atom is -0.364 e. The molecule has 0 unspecified atom stereocenters. The van der Waals surface area contributed by atoms with Gasteiger partial charge in [0.1, 0.15) is 0 Å². The first-order chi connectivity index (χ1) is 9.06. The molecule has 5 nitrogen and oxygen atoms in total. The molecule has 0 radical (unpaired) electrons. The number of rotatable bonds is 5. The summed E-state index contributed by atoms with van der Waals surface area (Å²) in [6.45, 7) is 4.79. The molecule has 1 heterocycles. The quantitative estimate of drug-likeness (QED) is 0.650. The van der Waals surface area contributed by atoms with Crippen LogP contribution in [0.2, 0.25) is 0 Å². The van der Waals surface area contributed by atoms with Crippen LogP contribution < -0.4 is 5.32 Å². The number of hydrogen-bond acceptors (Lipinski definition) is 4. The van der Waals surface area contributed by atoms with Gasteiger partial charge in [0.25, 0.3) is 0 Å². The van der Waals surface area contributed by atoms with Crippen LogP contribution in [0.4, 0.5) is 11.5 Å². The fraction of sp³-hybridized carbons (Fsp3) is 0.643. The Morgan fingerprint density at radius 1 is 1.47 bits per heavy atom. The van der Waals surface area contributed by atoms with Gasteiger partial charge in [0.2, 0.25) is 5.82 Å². The molecule has 0 spiro atoms. The predicted octanol–water partition coefficient (Wildman–Crippen LogP) is 3.68. The van der Waals surface area contributed by atoms with E-state index in [1.807, 2.05) is 6.92 Å². The summed E-state index contributed by atoms with van der Waals surface area (Å²) in [5.41, 5.74) is 1.17. The molecular weight excluding hydrogens is 242 g/mol. The first-order valence-corrected chi connectivity index (χ1v) is 6.91. The molecule has 5 heteroatoms. The van der Waals surface area contributed by atoms with Crippen molar-refractivity contribution in [3.63, 3.8) is 0 Å². The van der Waals surface area contributed by atoms with Crippen molar-refractivity contribution in [2.45, 2.75) is 46.0 Å². The summed E-state index contributed by atoms with van der Waals surface area (Å²) in [6.07, 6.45) is 7.71. The largest absolute Gasteiger partial charge is 0.364 e. The molecule has 0 aliphatic heterocycles. The van der Waals surface area contributed by atoms with Gasteiger partial charge in [-0.3, -0.25) is 10.1 Å². The monoisotopic (exact) mass is 263 g/mol. The van der Waals surface area contributed by atoms with Crippen molar-refractivity contribution < 1.29 is 4.92 Å². The maximum atomic E-state index is 11.0. The Morgan fingerprint density at radius 3 is 2.74 bits per heavy atom. The average molecular weight is 263 g/mol. The maximum absolute atomic E-state index is 11.0. The van der Waals surface area contributed by atoms with Gasteiger partial charge in [-0.2, -0.15) is 0 Å². The van der Waals surface area contributed by atoms with E-state index in [0.717, 1.165) is 18.5 Å². The number of anilines is 1. The second-order valence-corrected chi connectivity index (χ2v) is 5.55. The third kappa shape index (κ3) is 3.03.